The summed E-state index contributed by atoms with van der Waals surface area (Å²) in [6.45, 7) is 12.6. The van der Waals surface area contributed by atoms with Gasteiger partial charge in [-0.1, -0.05) is 153 Å². The van der Waals surface area contributed by atoms with Crippen molar-refractivity contribution in [3.63, 3.8) is 0 Å². The molecule has 4 aromatic rings. The van der Waals surface area contributed by atoms with E-state index in [1.54, 1.807) is 18.3 Å². The van der Waals surface area contributed by atoms with Crippen LogP contribution >= 0.6 is 0 Å². The van der Waals surface area contributed by atoms with Crippen LogP contribution < -0.4 is 5.32 Å². The van der Waals surface area contributed by atoms with Crippen LogP contribution in [0.1, 0.15) is 36.6 Å². The largest absolute Gasteiger partial charge is 0.387 e. The Balaban J connectivity index is 1.28. The summed E-state index contributed by atoms with van der Waals surface area (Å²) < 4.78 is 0. The van der Waals surface area contributed by atoms with Crippen LogP contribution in [0.5, 0.6) is 0 Å². The predicted molar refractivity (Wildman–Crippen MR) is 240 cm³/mol. The standard InChI is InChI=1S/C53H46N4/c1-4-6-8-9-10-20-40-21-15-24-43(33-40)51-36-52(44-25-16-22-41(34-44)46-27-18-32-54-37-46)57-53(56-51)45-26-17-23-42(35-45)47-28-13-14-31-55-38-50(39(3)19-7-5-2)49-30-12-11-29-48(47)49/h5-10,13-30,32-34,36-38,45,55H,1-3,11-12,31,35H2/b9-8-,14-13-,19-7-,20-10+,47-28+,50-38+. The summed E-state index contributed by atoms with van der Waals surface area (Å²) in [6.07, 6.45) is 42.0. The topological polar surface area (TPSA) is 50.7 Å². The molecule has 4 heteroatoms. The van der Waals surface area contributed by atoms with Gasteiger partial charge in [0.15, 0.2) is 0 Å². The van der Waals surface area contributed by atoms with Gasteiger partial charge in [-0.15, -0.1) is 5.73 Å². The summed E-state index contributed by atoms with van der Waals surface area (Å²) in [4.78, 5) is 15.0. The second kappa shape index (κ2) is 19.0. The Hall–Kier alpha value is -7.13. The maximum Gasteiger partial charge on any atom is 0.136 e. The van der Waals surface area contributed by atoms with E-state index in [1.165, 1.54) is 22.3 Å². The first-order valence-electron chi connectivity index (χ1n) is 19.4. The first-order valence-corrected chi connectivity index (χ1v) is 19.4. The number of nitrogens with one attached hydrogen (secondary N) is 1. The molecule has 1 aliphatic heterocycles. The van der Waals surface area contributed by atoms with Crippen molar-refractivity contribution in [3.8, 4) is 33.6 Å². The SMILES string of the molecule is C=C=C/C=C\C=C\c1cccc(-c2cc(-c3cccc(-c4cccnc4)c3)nc(C3C=CC=C(/C4=C\C=C/CN/C=C(\C(=C)/C=C\C=C)C5=CCCC=C54)C3)n2)c1. The second-order valence-corrected chi connectivity index (χ2v) is 13.9. The molecule has 278 valence electrons. The molecule has 1 unspecified atom stereocenters. The zero-order valence-corrected chi connectivity index (χ0v) is 32.2. The van der Waals surface area contributed by atoms with Gasteiger partial charge in [0, 0.05) is 53.3 Å². The Bertz CT molecular complexity index is 2520. The smallest absolute Gasteiger partial charge is 0.136 e. The molecule has 1 N–H and O–H groups in total. The van der Waals surface area contributed by atoms with Gasteiger partial charge in [0.1, 0.15) is 5.82 Å². The number of allylic oxidation sites excluding steroid dienone is 20. The fourth-order valence-electron chi connectivity index (χ4n) is 7.16. The average Bonchev–Trinajstić information content (AvgIpc) is 3.27. The van der Waals surface area contributed by atoms with Crippen LogP contribution in [0.25, 0.3) is 39.7 Å². The molecular weight excluding hydrogens is 693 g/mol. The molecule has 2 aliphatic carbocycles. The number of pyridine rings is 1. The van der Waals surface area contributed by atoms with E-state index in [1.807, 2.05) is 42.6 Å². The highest BCUT2D eigenvalue weighted by atomic mass is 14.9. The Kier molecular flexibility index (Phi) is 12.7. The van der Waals surface area contributed by atoms with Crippen LogP contribution in [0.4, 0.5) is 0 Å². The van der Waals surface area contributed by atoms with E-state index in [2.05, 4.69) is 157 Å². The Morgan fingerprint density at radius 1 is 0.789 bits per heavy atom. The van der Waals surface area contributed by atoms with Crippen molar-refractivity contribution in [2.75, 3.05) is 6.54 Å². The molecule has 7 rings (SSSR count). The minimum Gasteiger partial charge on any atom is -0.387 e. The molecule has 0 bridgehead atoms. The molecule has 4 nitrogen and oxygen atoms in total. The molecule has 0 saturated carbocycles. The summed E-state index contributed by atoms with van der Waals surface area (Å²) in [5.41, 5.74) is 16.7. The number of rotatable bonds is 11. The number of fused-ring (bicyclic) bond motifs is 1. The van der Waals surface area contributed by atoms with Crippen molar-refractivity contribution < 1.29 is 0 Å². The quantitative estimate of drug-likeness (QED) is 0.123. The third kappa shape index (κ3) is 9.58. The van der Waals surface area contributed by atoms with Gasteiger partial charge in [0.25, 0.3) is 0 Å². The van der Waals surface area contributed by atoms with Crippen LogP contribution in [0.15, 0.2) is 235 Å². The summed E-state index contributed by atoms with van der Waals surface area (Å²) in [5, 5.41) is 3.46. The van der Waals surface area contributed by atoms with E-state index in [0.717, 1.165) is 75.4 Å². The Labute approximate surface area is 337 Å². The van der Waals surface area contributed by atoms with E-state index in [4.69, 9.17) is 9.97 Å². The van der Waals surface area contributed by atoms with Crippen molar-refractivity contribution >= 4 is 6.08 Å². The lowest BCUT2D eigenvalue weighted by atomic mass is 9.79. The highest BCUT2D eigenvalue weighted by Crippen LogP contribution is 2.41. The molecule has 0 amide bonds. The lowest BCUT2D eigenvalue weighted by Crippen LogP contribution is -2.13. The van der Waals surface area contributed by atoms with E-state index in [-0.39, 0.29) is 5.92 Å². The molecule has 57 heavy (non-hydrogen) atoms. The predicted octanol–water partition coefficient (Wildman–Crippen LogP) is 12.7. The zero-order valence-electron chi connectivity index (χ0n) is 32.2. The van der Waals surface area contributed by atoms with Crippen molar-refractivity contribution in [3.05, 3.63) is 247 Å². The Morgan fingerprint density at radius 3 is 2.39 bits per heavy atom. The van der Waals surface area contributed by atoms with E-state index in [0.29, 0.717) is 6.54 Å². The van der Waals surface area contributed by atoms with E-state index >= 15 is 0 Å². The van der Waals surface area contributed by atoms with Crippen LogP contribution in [0.2, 0.25) is 0 Å². The molecule has 2 aromatic carbocycles. The van der Waals surface area contributed by atoms with Crippen molar-refractivity contribution in [2.24, 2.45) is 0 Å². The molecular formula is C53H46N4. The second-order valence-electron chi connectivity index (χ2n) is 13.9. The first-order chi connectivity index (χ1) is 28.1. The number of aromatic nitrogens is 3. The van der Waals surface area contributed by atoms with Gasteiger partial charge in [-0.25, -0.2) is 9.97 Å². The maximum absolute atomic E-state index is 5.33. The monoisotopic (exact) mass is 738 g/mol. The molecule has 0 fully saturated rings. The van der Waals surface area contributed by atoms with Crippen LogP contribution in [0, 0.1) is 0 Å². The third-order valence-corrected chi connectivity index (χ3v) is 9.96. The molecule has 1 atom stereocenters. The minimum absolute atomic E-state index is 0.0459. The van der Waals surface area contributed by atoms with Gasteiger partial charge < -0.3 is 5.32 Å². The highest BCUT2D eigenvalue weighted by molar-refractivity contribution is 5.75. The van der Waals surface area contributed by atoms with Crippen LogP contribution in [-0.2, 0) is 0 Å². The van der Waals surface area contributed by atoms with Crippen LogP contribution in [-0.4, -0.2) is 21.5 Å². The fourth-order valence-corrected chi connectivity index (χ4v) is 7.16. The number of hydrogen-bond donors (Lipinski definition) is 1. The van der Waals surface area contributed by atoms with E-state index in [9.17, 15) is 0 Å². The third-order valence-electron chi connectivity index (χ3n) is 9.96. The lowest BCUT2D eigenvalue weighted by Gasteiger charge is -2.26. The van der Waals surface area contributed by atoms with Crippen LogP contribution in [0.3, 0.4) is 0 Å². The summed E-state index contributed by atoms with van der Waals surface area (Å²) >= 11 is 0. The van der Waals surface area contributed by atoms with Gasteiger partial charge in [-0.05, 0) is 88.6 Å². The molecule has 2 aromatic heterocycles. The molecule has 3 aliphatic rings. The summed E-state index contributed by atoms with van der Waals surface area (Å²) in [5.74, 6) is 0.740. The van der Waals surface area contributed by atoms with Gasteiger partial charge in [0.2, 0.25) is 0 Å². The van der Waals surface area contributed by atoms with Crippen molar-refractivity contribution in [1.29, 1.82) is 0 Å². The lowest BCUT2D eigenvalue weighted by molar-refractivity contribution is 0.753. The Morgan fingerprint density at radius 2 is 1.58 bits per heavy atom. The average molecular weight is 739 g/mol. The number of nitrogens with zero attached hydrogens (tertiary/aromatic N) is 3. The van der Waals surface area contributed by atoms with Crippen molar-refractivity contribution in [1.82, 2.24) is 20.3 Å². The number of hydrogen-bond acceptors (Lipinski definition) is 4. The van der Waals surface area contributed by atoms with Gasteiger partial charge >= 0.3 is 0 Å². The fraction of sp³-hybridized carbons (Fsp3) is 0.0943. The maximum atomic E-state index is 5.33. The first kappa shape index (κ1) is 38.2. The molecule has 0 saturated heterocycles. The molecule has 3 heterocycles. The van der Waals surface area contributed by atoms with Gasteiger partial charge in [-0.3, -0.25) is 4.98 Å². The summed E-state index contributed by atoms with van der Waals surface area (Å²) in [7, 11) is 0. The minimum atomic E-state index is -0.0459. The van der Waals surface area contributed by atoms with Gasteiger partial charge in [-0.2, -0.15) is 0 Å². The molecule has 0 spiro atoms. The molecule has 0 radical (unpaired) electrons. The van der Waals surface area contributed by atoms with Crippen molar-refractivity contribution in [2.45, 2.75) is 25.2 Å². The number of benzene rings is 2. The highest BCUT2D eigenvalue weighted by Gasteiger charge is 2.25. The van der Waals surface area contributed by atoms with E-state index < -0.39 is 0 Å². The zero-order chi connectivity index (χ0) is 39.2. The summed E-state index contributed by atoms with van der Waals surface area (Å²) in [6, 6.07) is 23.2. The normalized spacial score (nSPS) is 19.2. The van der Waals surface area contributed by atoms with Gasteiger partial charge in [0.05, 0.1) is 11.4 Å².